The van der Waals surface area contributed by atoms with Crippen molar-refractivity contribution in [2.75, 3.05) is 12.4 Å². The van der Waals surface area contributed by atoms with Gasteiger partial charge < -0.3 is 9.47 Å². The molecule has 1 saturated carbocycles. The highest BCUT2D eigenvalue weighted by molar-refractivity contribution is 7.15. The second kappa shape index (κ2) is 9.59. The van der Waals surface area contributed by atoms with Gasteiger partial charge in [0, 0.05) is 12.0 Å². The predicted molar refractivity (Wildman–Crippen MR) is 103 cm³/mol. The normalized spacial score (nSPS) is 15.1. The van der Waals surface area contributed by atoms with Crippen LogP contribution in [0, 0.1) is 0 Å². The molecule has 0 saturated heterocycles. The molecule has 0 radical (unpaired) electrons. The zero-order valence-corrected chi connectivity index (χ0v) is 16.2. The topological polar surface area (TPSA) is 73.3 Å². The lowest BCUT2D eigenvalue weighted by atomic mass is 9.90. The van der Waals surface area contributed by atoms with Crippen LogP contribution in [0.2, 0.25) is 0 Å². The molecule has 0 spiro atoms. The lowest BCUT2D eigenvalue weighted by Gasteiger charge is -2.18. The van der Waals surface area contributed by atoms with E-state index < -0.39 is 6.61 Å². The van der Waals surface area contributed by atoms with Gasteiger partial charge in [-0.15, -0.1) is 10.2 Å². The Labute approximate surface area is 165 Å². The molecule has 1 aliphatic carbocycles. The number of hydrogen-bond donors (Lipinski definition) is 1. The van der Waals surface area contributed by atoms with Crippen LogP contribution in [0.4, 0.5) is 13.9 Å². The summed E-state index contributed by atoms with van der Waals surface area (Å²) >= 11 is 1.41. The summed E-state index contributed by atoms with van der Waals surface area (Å²) < 4.78 is 34.1. The van der Waals surface area contributed by atoms with Crippen molar-refractivity contribution in [3.8, 4) is 11.5 Å². The first-order chi connectivity index (χ1) is 13.5. The van der Waals surface area contributed by atoms with Crippen molar-refractivity contribution in [3.05, 3.63) is 34.8 Å². The Morgan fingerprint density at radius 3 is 2.75 bits per heavy atom. The number of halogens is 2. The number of aromatic nitrogens is 2. The van der Waals surface area contributed by atoms with Crippen LogP contribution in [0.25, 0.3) is 6.08 Å². The van der Waals surface area contributed by atoms with Gasteiger partial charge in [-0.05, 0) is 36.6 Å². The number of rotatable bonds is 7. The summed E-state index contributed by atoms with van der Waals surface area (Å²) in [7, 11) is 1.35. The zero-order valence-electron chi connectivity index (χ0n) is 15.4. The molecule has 1 N–H and O–H groups in total. The van der Waals surface area contributed by atoms with Crippen LogP contribution in [-0.4, -0.2) is 29.8 Å². The minimum atomic E-state index is -2.94. The molecule has 1 fully saturated rings. The molecule has 3 rings (SSSR count). The minimum absolute atomic E-state index is 0.0665. The molecule has 1 heterocycles. The highest BCUT2D eigenvalue weighted by Crippen LogP contribution is 2.35. The molecular weight excluding hydrogens is 388 g/mol. The molecule has 1 aliphatic rings. The molecule has 0 aliphatic heterocycles. The third-order valence-electron chi connectivity index (χ3n) is 4.46. The van der Waals surface area contributed by atoms with Crippen molar-refractivity contribution in [1.82, 2.24) is 10.2 Å². The summed E-state index contributed by atoms with van der Waals surface area (Å²) in [4.78, 5) is 12.1. The van der Waals surface area contributed by atoms with E-state index in [1.165, 1.54) is 55.9 Å². The van der Waals surface area contributed by atoms with Gasteiger partial charge in [-0.25, -0.2) is 0 Å². The number of benzene rings is 1. The quantitative estimate of drug-likeness (QED) is 0.662. The largest absolute Gasteiger partial charge is 0.493 e. The smallest absolute Gasteiger partial charge is 0.387 e. The summed E-state index contributed by atoms with van der Waals surface area (Å²) in [5.74, 6) is 0.180. The minimum Gasteiger partial charge on any atom is -0.493 e. The van der Waals surface area contributed by atoms with Crippen LogP contribution < -0.4 is 14.8 Å². The second-order valence-electron chi connectivity index (χ2n) is 6.39. The summed E-state index contributed by atoms with van der Waals surface area (Å²) in [6.45, 7) is -2.94. The standard InChI is InChI=1S/C19H21F2N3O3S/c1-26-15-11-12(7-9-14(15)27-18(20)21)8-10-16(25)22-19-24-23-17(28-19)13-5-3-2-4-6-13/h7-11,13,18H,2-6H2,1H3,(H,22,24,25)/b10-8+. The third kappa shape index (κ3) is 5.48. The van der Waals surface area contributed by atoms with E-state index in [9.17, 15) is 13.6 Å². The van der Waals surface area contributed by atoms with Crippen molar-refractivity contribution in [3.63, 3.8) is 0 Å². The first-order valence-corrected chi connectivity index (χ1v) is 9.82. The van der Waals surface area contributed by atoms with Gasteiger partial charge in [0.1, 0.15) is 5.01 Å². The van der Waals surface area contributed by atoms with E-state index in [4.69, 9.17) is 4.74 Å². The van der Waals surface area contributed by atoms with Crippen molar-refractivity contribution < 1.29 is 23.0 Å². The Balaban J connectivity index is 1.60. The van der Waals surface area contributed by atoms with E-state index in [1.807, 2.05) is 0 Å². The predicted octanol–water partition coefficient (Wildman–Crippen LogP) is 4.85. The summed E-state index contributed by atoms with van der Waals surface area (Å²) in [5, 5.41) is 12.4. The van der Waals surface area contributed by atoms with E-state index in [0.29, 0.717) is 16.6 Å². The van der Waals surface area contributed by atoms with Gasteiger partial charge in [0.25, 0.3) is 0 Å². The Morgan fingerprint density at radius 2 is 2.04 bits per heavy atom. The number of anilines is 1. The molecule has 9 heteroatoms. The van der Waals surface area contributed by atoms with Gasteiger partial charge in [-0.2, -0.15) is 8.78 Å². The zero-order chi connectivity index (χ0) is 19.9. The molecule has 0 unspecified atom stereocenters. The van der Waals surface area contributed by atoms with Crippen molar-refractivity contribution in [2.24, 2.45) is 0 Å². The Kier molecular flexibility index (Phi) is 6.91. The molecule has 6 nitrogen and oxygen atoms in total. The number of methoxy groups -OCH3 is 1. The lowest BCUT2D eigenvalue weighted by Crippen LogP contribution is -2.07. The molecule has 0 atom stereocenters. The first kappa shape index (κ1) is 20.2. The molecule has 28 heavy (non-hydrogen) atoms. The number of ether oxygens (including phenoxy) is 2. The van der Waals surface area contributed by atoms with Crippen LogP contribution >= 0.6 is 11.3 Å². The van der Waals surface area contributed by atoms with Crippen LogP contribution in [-0.2, 0) is 4.79 Å². The van der Waals surface area contributed by atoms with Gasteiger partial charge in [-0.3, -0.25) is 10.1 Å². The van der Waals surface area contributed by atoms with E-state index in [-0.39, 0.29) is 17.4 Å². The molecule has 0 bridgehead atoms. The summed E-state index contributed by atoms with van der Waals surface area (Å²) in [6.07, 6.45) is 8.81. The van der Waals surface area contributed by atoms with Crippen molar-refractivity contribution >= 4 is 28.5 Å². The van der Waals surface area contributed by atoms with Gasteiger partial charge in [-0.1, -0.05) is 36.7 Å². The summed E-state index contributed by atoms with van der Waals surface area (Å²) in [5.41, 5.74) is 0.605. The molecular formula is C19H21F2N3O3S. The van der Waals surface area contributed by atoms with E-state index in [1.54, 1.807) is 12.1 Å². The SMILES string of the molecule is COc1cc(/C=C/C(=O)Nc2nnc(C3CCCCC3)s2)ccc1OC(F)F. The van der Waals surface area contributed by atoms with Crippen LogP contribution in [0.3, 0.4) is 0 Å². The molecule has 1 aromatic heterocycles. The fourth-order valence-corrected chi connectivity index (χ4v) is 4.02. The van der Waals surface area contributed by atoms with E-state index in [2.05, 4.69) is 20.3 Å². The Bertz CT molecular complexity index is 836. The number of carbonyl (C=O) groups excluding carboxylic acids is 1. The highest BCUT2D eigenvalue weighted by atomic mass is 32.1. The van der Waals surface area contributed by atoms with Gasteiger partial charge >= 0.3 is 6.61 Å². The first-order valence-electron chi connectivity index (χ1n) is 9.00. The number of alkyl halides is 2. The maximum atomic E-state index is 12.4. The van der Waals surface area contributed by atoms with Crippen LogP contribution in [0.5, 0.6) is 11.5 Å². The van der Waals surface area contributed by atoms with Gasteiger partial charge in [0.15, 0.2) is 11.5 Å². The second-order valence-corrected chi connectivity index (χ2v) is 7.40. The fraction of sp³-hybridized carbons (Fsp3) is 0.421. The number of hydrogen-bond acceptors (Lipinski definition) is 6. The van der Waals surface area contributed by atoms with Gasteiger partial charge in [0.05, 0.1) is 7.11 Å². The maximum Gasteiger partial charge on any atom is 0.387 e. The highest BCUT2D eigenvalue weighted by Gasteiger charge is 2.20. The Morgan fingerprint density at radius 1 is 1.25 bits per heavy atom. The maximum absolute atomic E-state index is 12.4. The molecule has 150 valence electrons. The molecule has 1 aromatic carbocycles. The van der Waals surface area contributed by atoms with Crippen LogP contribution in [0.15, 0.2) is 24.3 Å². The number of nitrogens with one attached hydrogen (secondary N) is 1. The average Bonchev–Trinajstić information content (AvgIpc) is 3.16. The third-order valence-corrected chi connectivity index (χ3v) is 5.46. The molecule has 2 aromatic rings. The van der Waals surface area contributed by atoms with Gasteiger partial charge in [0.2, 0.25) is 11.0 Å². The lowest BCUT2D eigenvalue weighted by molar-refractivity contribution is -0.111. The number of amides is 1. The van der Waals surface area contributed by atoms with E-state index >= 15 is 0 Å². The number of nitrogens with zero attached hydrogens (tertiary/aromatic N) is 2. The Hall–Kier alpha value is -2.55. The fourth-order valence-electron chi connectivity index (χ4n) is 3.10. The molecule has 1 amide bonds. The van der Waals surface area contributed by atoms with Crippen molar-refractivity contribution in [1.29, 1.82) is 0 Å². The van der Waals surface area contributed by atoms with E-state index in [0.717, 1.165) is 17.8 Å². The van der Waals surface area contributed by atoms with Crippen molar-refractivity contribution in [2.45, 2.75) is 44.6 Å². The summed E-state index contributed by atoms with van der Waals surface area (Å²) in [6, 6.07) is 4.42. The monoisotopic (exact) mass is 409 g/mol. The number of carbonyl (C=O) groups is 1. The average molecular weight is 409 g/mol. The van der Waals surface area contributed by atoms with Crippen LogP contribution in [0.1, 0.15) is 48.6 Å².